The van der Waals surface area contributed by atoms with E-state index in [9.17, 15) is 9.59 Å². The highest BCUT2D eigenvalue weighted by molar-refractivity contribution is 9.10. The predicted octanol–water partition coefficient (Wildman–Crippen LogP) is 6.08. The number of rotatable bonds is 7. The molecule has 0 saturated heterocycles. The smallest absolute Gasteiger partial charge is 0.344 e. The molecule has 0 aliphatic carbocycles. The van der Waals surface area contributed by atoms with Crippen molar-refractivity contribution in [3.05, 3.63) is 87.6 Å². The molecule has 0 atom stereocenters. The molecular weight excluding hydrogens is 488 g/mol. The Hall–Kier alpha value is -3.58. The molecule has 1 heterocycles. The lowest BCUT2D eigenvalue weighted by Crippen LogP contribution is -2.11. The molecule has 4 rings (SSSR count). The van der Waals surface area contributed by atoms with E-state index in [-0.39, 0.29) is 17.3 Å². The Kier molecular flexibility index (Phi) is 6.79. The molecule has 0 amide bonds. The summed E-state index contributed by atoms with van der Waals surface area (Å²) in [7, 11) is 0. The van der Waals surface area contributed by atoms with Gasteiger partial charge in [-0.2, -0.15) is 0 Å². The van der Waals surface area contributed by atoms with Gasteiger partial charge in [-0.25, -0.2) is 4.79 Å². The van der Waals surface area contributed by atoms with Gasteiger partial charge < -0.3 is 18.9 Å². The lowest BCUT2D eigenvalue weighted by molar-refractivity contribution is 0.0727. The van der Waals surface area contributed by atoms with E-state index in [1.807, 2.05) is 19.9 Å². The van der Waals surface area contributed by atoms with Crippen LogP contribution in [0.5, 0.6) is 23.0 Å². The molecule has 0 radical (unpaired) electrons. The van der Waals surface area contributed by atoms with E-state index in [1.165, 1.54) is 0 Å². The lowest BCUT2D eigenvalue weighted by Gasteiger charge is -2.14. The average Bonchev–Trinajstić information content (AvgIpc) is 3.11. The van der Waals surface area contributed by atoms with Crippen molar-refractivity contribution < 1.29 is 28.5 Å². The monoisotopic (exact) mass is 508 g/mol. The molecule has 7 heteroatoms. The zero-order valence-electron chi connectivity index (χ0n) is 18.1. The number of esters is 1. The van der Waals surface area contributed by atoms with Crippen LogP contribution in [0.3, 0.4) is 0 Å². The number of hydrogen-bond donors (Lipinski definition) is 0. The summed E-state index contributed by atoms with van der Waals surface area (Å²) in [4.78, 5) is 25.8. The molecule has 168 valence electrons. The lowest BCUT2D eigenvalue weighted by atomic mass is 10.1. The van der Waals surface area contributed by atoms with Crippen LogP contribution in [0.15, 0.2) is 70.9 Å². The summed E-state index contributed by atoms with van der Waals surface area (Å²) in [5, 5.41) is 0. The Morgan fingerprint density at radius 3 is 2.55 bits per heavy atom. The fourth-order valence-electron chi connectivity index (χ4n) is 3.36. The van der Waals surface area contributed by atoms with Crippen molar-refractivity contribution in [2.45, 2.75) is 13.8 Å². The number of fused-ring (bicyclic) bond motifs is 1. The molecule has 0 N–H and O–H groups in total. The van der Waals surface area contributed by atoms with Crippen LogP contribution < -0.4 is 18.9 Å². The fraction of sp³-hybridized carbons (Fsp3) is 0.154. The van der Waals surface area contributed by atoms with Crippen molar-refractivity contribution in [2.24, 2.45) is 0 Å². The third kappa shape index (κ3) is 4.78. The number of hydrogen-bond acceptors (Lipinski definition) is 6. The fourth-order valence-corrected chi connectivity index (χ4v) is 3.81. The quantitative estimate of drug-likeness (QED) is 0.218. The number of ether oxygens (including phenoxy) is 4. The minimum Gasteiger partial charge on any atom is -0.494 e. The first-order valence-electron chi connectivity index (χ1n) is 10.5. The van der Waals surface area contributed by atoms with Crippen molar-refractivity contribution in [3.8, 4) is 23.0 Å². The van der Waals surface area contributed by atoms with Gasteiger partial charge in [-0.3, -0.25) is 4.79 Å². The van der Waals surface area contributed by atoms with Gasteiger partial charge in [0.15, 0.2) is 17.3 Å². The van der Waals surface area contributed by atoms with Gasteiger partial charge in [0.2, 0.25) is 5.78 Å². The molecule has 0 spiro atoms. The summed E-state index contributed by atoms with van der Waals surface area (Å²) < 4.78 is 23.3. The zero-order chi connectivity index (χ0) is 23.4. The van der Waals surface area contributed by atoms with Crippen molar-refractivity contribution in [2.75, 3.05) is 13.2 Å². The standard InChI is InChI=1S/C26H21BrO6/c1-3-30-17-12-13-19-22(15-17)32-23(24(19)28)14-16-8-7-11-21(31-4-2)25(16)33-26(29)18-9-5-6-10-20(18)27/h5-15H,3-4H2,1-2H3/b23-14-. The first-order chi connectivity index (χ1) is 16.0. The zero-order valence-corrected chi connectivity index (χ0v) is 19.7. The van der Waals surface area contributed by atoms with Crippen LogP contribution in [0.25, 0.3) is 6.08 Å². The van der Waals surface area contributed by atoms with E-state index in [0.29, 0.717) is 51.6 Å². The molecule has 3 aromatic rings. The number of allylic oxidation sites excluding steroid dienone is 1. The van der Waals surface area contributed by atoms with Crippen LogP contribution in [0.1, 0.15) is 40.1 Å². The van der Waals surface area contributed by atoms with Crippen LogP contribution in [-0.2, 0) is 0 Å². The summed E-state index contributed by atoms with van der Waals surface area (Å²) in [6.07, 6.45) is 1.55. The van der Waals surface area contributed by atoms with E-state index in [4.69, 9.17) is 18.9 Å². The van der Waals surface area contributed by atoms with Crippen molar-refractivity contribution >= 4 is 33.8 Å². The first-order valence-corrected chi connectivity index (χ1v) is 11.2. The molecule has 3 aromatic carbocycles. The van der Waals surface area contributed by atoms with Crippen LogP contribution in [0, 0.1) is 0 Å². The Morgan fingerprint density at radius 2 is 1.79 bits per heavy atom. The van der Waals surface area contributed by atoms with Crippen molar-refractivity contribution in [3.63, 3.8) is 0 Å². The molecule has 33 heavy (non-hydrogen) atoms. The number of ketones is 1. The van der Waals surface area contributed by atoms with Gasteiger partial charge in [-0.15, -0.1) is 0 Å². The molecule has 1 aliphatic heterocycles. The van der Waals surface area contributed by atoms with Gasteiger partial charge in [0.05, 0.1) is 24.3 Å². The molecule has 6 nitrogen and oxygen atoms in total. The van der Waals surface area contributed by atoms with Crippen LogP contribution >= 0.6 is 15.9 Å². The Labute approximate surface area is 199 Å². The number of benzene rings is 3. The van der Waals surface area contributed by atoms with Crippen LogP contribution in [0.4, 0.5) is 0 Å². The minimum atomic E-state index is -0.558. The summed E-state index contributed by atoms with van der Waals surface area (Å²) in [6.45, 7) is 4.60. The summed E-state index contributed by atoms with van der Waals surface area (Å²) in [5.74, 6) is 0.918. The highest BCUT2D eigenvalue weighted by Gasteiger charge is 2.29. The summed E-state index contributed by atoms with van der Waals surface area (Å²) >= 11 is 3.37. The Balaban J connectivity index is 1.70. The molecular formula is C26H21BrO6. The molecule has 1 aliphatic rings. The normalized spacial score (nSPS) is 13.4. The largest absolute Gasteiger partial charge is 0.494 e. The maximum absolute atomic E-state index is 12.9. The maximum atomic E-state index is 12.9. The Morgan fingerprint density at radius 1 is 1.00 bits per heavy atom. The number of para-hydroxylation sites is 1. The van der Waals surface area contributed by atoms with E-state index in [0.717, 1.165) is 0 Å². The molecule has 0 aromatic heterocycles. The van der Waals surface area contributed by atoms with Crippen LogP contribution in [0.2, 0.25) is 0 Å². The highest BCUT2D eigenvalue weighted by atomic mass is 79.9. The number of carbonyl (C=O) groups is 2. The van der Waals surface area contributed by atoms with Crippen molar-refractivity contribution in [1.29, 1.82) is 0 Å². The van der Waals surface area contributed by atoms with E-state index in [2.05, 4.69) is 15.9 Å². The van der Waals surface area contributed by atoms with Gasteiger partial charge >= 0.3 is 5.97 Å². The van der Waals surface area contributed by atoms with E-state index >= 15 is 0 Å². The number of Topliss-reactive ketones (excluding diaryl/α,β-unsaturated/α-hetero) is 1. The van der Waals surface area contributed by atoms with Gasteiger partial charge in [-0.1, -0.05) is 24.3 Å². The third-order valence-electron chi connectivity index (χ3n) is 4.84. The molecule has 0 fully saturated rings. The second-order valence-electron chi connectivity index (χ2n) is 7.01. The topological polar surface area (TPSA) is 71.1 Å². The van der Waals surface area contributed by atoms with Gasteiger partial charge in [0.1, 0.15) is 11.5 Å². The highest BCUT2D eigenvalue weighted by Crippen LogP contribution is 2.38. The third-order valence-corrected chi connectivity index (χ3v) is 5.53. The number of halogens is 1. The van der Waals surface area contributed by atoms with Gasteiger partial charge in [0, 0.05) is 16.1 Å². The predicted molar refractivity (Wildman–Crippen MR) is 127 cm³/mol. The number of carbonyl (C=O) groups excluding carboxylic acids is 2. The first kappa shape index (κ1) is 22.6. The SMILES string of the molecule is CCOc1ccc2c(c1)O/C(=C\c1cccc(OCC)c1OC(=O)c1ccccc1Br)C2=O. The summed E-state index contributed by atoms with van der Waals surface area (Å²) in [6, 6.07) is 17.2. The summed E-state index contributed by atoms with van der Waals surface area (Å²) in [5.41, 5.74) is 1.28. The van der Waals surface area contributed by atoms with E-state index in [1.54, 1.807) is 60.7 Å². The Bertz CT molecular complexity index is 1250. The molecule has 0 saturated carbocycles. The maximum Gasteiger partial charge on any atom is 0.344 e. The molecule has 0 unspecified atom stereocenters. The van der Waals surface area contributed by atoms with E-state index < -0.39 is 5.97 Å². The average molecular weight is 509 g/mol. The van der Waals surface area contributed by atoms with Gasteiger partial charge in [0.25, 0.3) is 0 Å². The second-order valence-corrected chi connectivity index (χ2v) is 7.86. The van der Waals surface area contributed by atoms with Crippen LogP contribution in [-0.4, -0.2) is 25.0 Å². The van der Waals surface area contributed by atoms with Gasteiger partial charge in [-0.05, 0) is 66.2 Å². The second kappa shape index (κ2) is 9.92. The minimum absolute atomic E-state index is 0.116. The van der Waals surface area contributed by atoms with Crippen molar-refractivity contribution in [1.82, 2.24) is 0 Å². The molecule has 0 bridgehead atoms.